The third-order valence-electron chi connectivity index (χ3n) is 5.23. The maximum absolute atomic E-state index is 11.3. The first kappa shape index (κ1) is 16.5. The van der Waals surface area contributed by atoms with Gasteiger partial charge in [0.2, 0.25) is 0 Å². The molecule has 0 saturated carbocycles. The number of benzene rings is 2. The third kappa shape index (κ3) is 3.24. The van der Waals surface area contributed by atoms with Crippen molar-refractivity contribution in [2.45, 2.75) is 6.42 Å². The predicted molar refractivity (Wildman–Crippen MR) is 109 cm³/mol. The maximum Gasteiger partial charge on any atom is 0.417 e. The van der Waals surface area contributed by atoms with E-state index in [2.05, 4.69) is 43.4 Å². The predicted octanol–water partition coefficient (Wildman–Crippen LogP) is 3.10. The lowest BCUT2D eigenvalue weighted by Crippen LogP contribution is -2.47. The fraction of sp³-hybridized carbons (Fsp3) is 0.300. The number of hydrogen-bond acceptors (Lipinski definition) is 6. The zero-order valence-electron chi connectivity index (χ0n) is 14.9. The molecule has 2 aromatic carbocycles. The molecule has 6 nitrogen and oxygen atoms in total. The average molecular weight is 380 g/mol. The smallest absolute Gasteiger partial charge is 0.408 e. The molecule has 3 heterocycles. The highest BCUT2D eigenvalue weighted by atomic mass is 32.1. The van der Waals surface area contributed by atoms with Crippen molar-refractivity contribution in [2.75, 3.05) is 37.6 Å². The second-order valence-electron chi connectivity index (χ2n) is 6.93. The van der Waals surface area contributed by atoms with E-state index in [1.54, 1.807) is 11.5 Å². The molecule has 0 radical (unpaired) electrons. The highest BCUT2D eigenvalue weighted by molar-refractivity contribution is 7.13. The summed E-state index contributed by atoms with van der Waals surface area (Å²) in [6, 6.07) is 14.4. The highest BCUT2D eigenvalue weighted by Gasteiger charge is 2.20. The molecule has 0 amide bonds. The Kier molecular flexibility index (Phi) is 4.18. The van der Waals surface area contributed by atoms with Crippen LogP contribution in [0.3, 0.4) is 0 Å². The lowest BCUT2D eigenvalue weighted by molar-refractivity contribution is 0.261. The van der Waals surface area contributed by atoms with Crippen molar-refractivity contribution >= 4 is 38.5 Å². The number of H-pyrrole nitrogens is 1. The SMILES string of the molecule is O=c1[nH]c2cc(CCN3CCN(c4nsc5ccccc45)CC3)ccc2o1. The van der Waals surface area contributed by atoms with Gasteiger partial charge in [0.05, 0.1) is 10.2 Å². The monoisotopic (exact) mass is 380 g/mol. The van der Waals surface area contributed by atoms with Crippen LogP contribution >= 0.6 is 11.5 Å². The first-order chi connectivity index (χ1) is 13.3. The normalized spacial score (nSPS) is 15.8. The summed E-state index contributed by atoms with van der Waals surface area (Å²) in [4.78, 5) is 18.9. The summed E-state index contributed by atoms with van der Waals surface area (Å²) in [6.45, 7) is 5.09. The summed E-state index contributed by atoms with van der Waals surface area (Å²) in [5, 5.41) is 1.26. The molecule has 1 aliphatic heterocycles. The van der Waals surface area contributed by atoms with Gasteiger partial charge in [-0.15, -0.1) is 0 Å². The zero-order chi connectivity index (χ0) is 18.2. The summed E-state index contributed by atoms with van der Waals surface area (Å²) in [7, 11) is 0. The molecule has 0 atom stereocenters. The molecular weight excluding hydrogens is 360 g/mol. The highest BCUT2D eigenvalue weighted by Crippen LogP contribution is 2.29. The van der Waals surface area contributed by atoms with Crippen molar-refractivity contribution in [2.24, 2.45) is 0 Å². The molecule has 0 unspecified atom stereocenters. The van der Waals surface area contributed by atoms with Gasteiger partial charge in [0.15, 0.2) is 5.58 Å². The van der Waals surface area contributed by atoms with Crippen molar-refractivity contribution in [1.29, 1.82) is 0 Å². The van der Waals surface area contributed by atoms with Gasteiger partial charge >= 0.3 is 5.76 Å². The van der Waals surface area contributed by atoms with Crippen LogP contribution in [0.25, 0.3) is 21.2 Å². The second kappa shape index (κ2) is 6.83. The van der Waals surface area contributed by atoms with E-state index in [0.717, 1.165) is 50.5 Å². The van der Waals surface area contributed by atoms with Crippen molar-refractivity contribution in [1.82, 2.24) is 14.3 Å². The van der Waals surface area contributed by atoms with E-state index in [4.69, 9.17) is 4.42 Å². The Balaban J connectivity index is 1.21. The molecule has 7 heteroatoms. The molecule has 0 spiro atoms. The number of nitrogens with one attached hydrogen (secondary N) is 1. The summed E-state index contributed by atoms with van der Waals surface area (Å²) in [5.41, 5.74) is 2.61. The molecular formula is C20H20N4O2S. The van der Waals surface area contributed by atoms with Crippen molar-refractivity contribution in [3.05, 3.63) is 58.6 Å². The Bertz CT molecular complexity index is 1140. The summed E-state index contributed by atoms with van der Waals surface area (Å²) in [5.74, 6) is 0.734. The number of hydrogen-bond donors (Lipinski definition) is 1. The minimum atomic E-state index is -0.396. The van der Waals surface area contributed by atoms with E-state index < -0.39 is 5.76 Å². The average Bonchev–Trinajstić information content (AvgIpc) is 3.29. The summed E-state index contributed by atoms with van der Waals surface area (Å²) < 4.78 is 11.0. The molecule has 5 rings (SSSR count). The number of fused-ring (bicyclic) bond motifs is 2. The van der Waals surface area contributed by atoms with Crippen LogP contribution in [0.2, 0.25) is 0 Å². The molecule has 1 saturated heterocycles. The minimum Gasteiger partial charge on any atom is -0.408 e. The maximum atomic E-state index is 11.3. The van der Waals surface area contributed by atoms with Crippen LogP contribution in [0, 0.1) is 0 Å². The summed E-state index contributed by atoms with van der Waals surface area (Å²) in [6.07, 6.45) is 0.961. The van der Waals surface area contributed by atoms with Gasteiger partial charge in [-0.3, -0.25) is 9.88 Å². The van der Waals surface area contributed by atoms with Crippen LogP contribution in [0.5, 0.6) is 0 Å². The first-order valence-corrected chi connectivity index (χ1v) is 9.97. The molecule has 138 valence electrons. The largest absolute Gasteiger partial charge is 0.417 e. The molecule has 1 N–H and O–H groups in total. The number of rotatable bonds is 4. The number of aromatic nitrogens is 2. The Morgan fingerprint density at radius 2 is 1.96 bits per heavy atom. The third-order valence-corrected chi connectivity index (χ3v) is 6.05. The van der Waals surface area contributed by atoms with Crippen LogP contribution in [0.1, 0.15) is 5.56 Å². The zero-order valence-corrected chi connectivity index (χ0v) is 15.7. The lowest BCUT2D eigenvalue weighted by atomic mass is 10.1. The Morgan fingerprint density at radius 1 is 1.11 bits per heavy atom. The van der Waals surface area contributed by atoms with E-state index in [1.807, 2.05) is 18.2 Å². The van der Waals surface area contributed by atoms with Gasteiger partial charge in [-0.05, 0) is 47.8 Å². The van der Waals surface area contributed by atoms with E-state index in [9.17, 15) is 4.79 Å². The van der Waals surface area contributed by atoms with Gasteiger partial charge in [-0.2, -0.15) is 4.37 Å². The molecule has 4 aromatic rings. The number of piperazine rings is 1. The fourth-order valence-corrected chi connectivity index (χ4v) is 4.52. The number of aromatic amines is 1. The van der Waals surface area contributed by atoms with Crippen LogP contribution in [0.15, 0.2) is 51.7 Å². The molecule has 0 bridgehead atoms. The van der Waals surface area contributed by atoms with Crippen LogP contribution < -0.4 is 10.7 Å². The van der Waals surface area contributed by atoms with Crippen molar-refractivity contribution in [3.63, 3.8) is 0 Å². The van der Waals surface area contributed by atoms with E-state index in [1.165, 1.54) is 15.6 Å². The van der Waals surface area contributed by atoms with Gasteiger partial charge in [0, 0.05) is 38.1 Å². The Morgan fingerprint density at radius 3 is 2.85 bits per heavy atom. The van der Waals surface area contributed by atoms with Crippen LogP contribution in [-0.4, -0.2) is 47.0 Å². The molecule has 27 heavy (non-hydrogen) atoms. The van der Waals surface area contributed by atoms with Gasteiger partial charge in [0.1, 0.15) is 5.82 Å². The molecule has 0 aliphatic carbocycles. The van der Waals surface area contributed by atoms with Gasteiger partial charge in [-0.1, -0.05) is 18.2 Å². The van der Waals surface area contributed by atoms with E-state index >= 15 is 0 Å². The number of nitrogens with zero attached hydrogens (tertiary/aromatic N) is 3. The topological polar surface area (TPSA) is 65.4 Å². The van der Waals surface area contributed by atoms with Crippen LogP contribution in [0.4, 0.5) is 5.82 Å². The Labute approximate surface area is 160 Å². The van der Waals surface area contributed by atoms with E-state index in [0.29, 0.717) is 5.58 Å². The molecule has 1 fully saturated rings. The van der Waals surface area contributed by atoms with Crippen molar-refractivity contribution in [3.8, 4) is 0 Å². The minimum absolute atomic E-state index is 0.396. The standard InChI is InChI=1S/C20H20N4O2S/c25-20-21-16-13-14(5-6-17(16)26-20)7-8-23-9-11-24(12-10-23)19-15-3-1-2-4-18(15)27-22-19/h1-6,13H,7-12H2,(H,21,25). The number of oxazole rings is 1. The van der Waals surface area contributed by atoms with Gasteiger partial charge < -0.3 is 9.32 Å². The molecule has 2 aromatic heterocycles. The van der Waals surface area contributed by atoms with Gasteiger partial charge in [0.25, 0.3) is 0 Å². The number of anilines is 1. The van der Waals surface area contributed by atoms with E-state index in [-0.39, 0.29) is 0 Å². The second-order valence-corrected chi connectivity index (χ2v) is 7.73. The fourth-order valence-electron chi connectivity index (χ4n) is 3.73. The lowest BCUT2D eigenvalue weighted by Gasteiger charge is -2.35. The Hall–Kier alpha value is -2.64. The summed E-state index contributed by atoms with van der Waals surface area (Å²) >= 11 is 1.58. The van der Waals surface area contributed by atoms with Crippen molar-refractivity contribution < 1.29 is 4.42 Å². The first-order valence-electron chi connectivity index (χ1n) is 9.20. The molecule has 1 aliphatic rings. The van der Waals surface area contributed by atoms with Crippen LogP contribution in [-0.2, 0) is 6.42 Å². The quantitative estimate of drug-likeness (QED) is 0.589. The van der Waals surface area contributed by atoms with Gasteiger partial charge in [-0.25, -0.2) is 4.79 Å².